The van der Waals surface area contributed by atoms with Crippen molar-refractivity contribution in [3.05, 3.63) is 53.9 Å². The van der Waals surface area contributed by atoms with Gasteiger partial charge in [0.05, 0.1) is 5.69 Å². The number of pyridine rings is 1. The molecule has 0 aliphatic carbocycles. The number of carbonyl (C=O) groups excluding carboxylic acids is 2. The van der Waals surface area contributed by atoms with Crippen LogP contribution in [-0.2, 0) is 16.1 Å². The number of nitrogens with zero attached hydrogens (tertiary/aromatic N) is 1. The maximum absolute atomic E-state index is 12.7. The van der Waals surface area contributed by atoms with Gasteiger partial charge < -0.3 is 10.1 Å². The molecule has 1 atom stereocenters. The molecular weight excluding hydrogens is 318 g/mol. The zero-order chi connectivity index (χ0) is 17.8. The Morgan fingerprint density at radius 3 is 2.92 bits per heavy atom. The van der Waals surface area contributed by atoms with Gasteiger partial charge in [-0.1, -0.05) is 13.0 Å². The van der Waals surface area contributed by atoms with Crippen LogP contribution in [0.5, 0.6) is 5.75 Å². The number of nitrogens with one attached hydrogen (secondary N) is 2. The van der Waals surface area contributed by atoms with Crippen molar-refractivity contribution in [2.75, 3.05) is 11.4 Å². The van der Waals surface area contributed by atoms with E-state index in [1.54, 1.807) is 0 Å². The third-order valence-electron chi connectivity index (χ3n) is 4.15. The highest BCUT2D eigenvalue weighted by Gasteiger charge is 2.34. The number of aryl methyl sites for hydroxylation is 1. The van der Waals surface area contributed by atoms with Crippen molar-refractivity contribution in [3.63, 3.8) is 0 Å². The molecule has 2 aromatic rings. The van der Waals surface area contributed by atoms with Crippen molar-refractivity contribution in [1.82, 2.24) is 5.32 Å². The van der Waals surface area contributed by atoms with Gasteiger partial charge in [0.2, 0.25) is 5.91 Å². The Labute approximate surface area is 146 Å². The second-order valence-corrected chi connectivity index (χ2v) is 6.10. The first kappa shape index (κ1) is 17.0. The first-order valence-corrected chi connectivity index (χ1v) is 8.39. The maximum atomic E-state index is 12.7. The van der Waals surface area contributed by atoms with Crippen LogP contribution in [0, 0.1) is 6.92 Å². The van der Waals surface area contributed by atoms with Crippen LogP contribution in [0.3, 0.4) is 0 Å². The first-order chi connectivity index (χ1) is 12.1. The van der Waals surface area contributed by atoms with Gasteiger partial charge in [-0.3, -0.25) is 14.5 Å². The van der Waals surface area contributed by atoms with Gasteiger partial charge in [0, 0.05) is 18.2 Å². The zero-order valence-electron chi connectivity index (χ0n) is 14.4. The summed E-state index contributed by atoms with van der Waals surface area (Å²) >= 11 is 0. The molecule has 0 saturated carbocycles. The highest BCUT2D eigenvalue weighted by molar-refractivity contribution is 6.03. The molecule has 2 N–H and O–H groups in total. The lowest BCUT2D eigenvalue weighted by atomic mass is 10.1. The van der Waals surface area contributed by atoms with E-state index in [1.165, 1.54) is 4.90 Å². The molecular formula is C19H22N3O3+. The minimum Gasteiger partial charge on any atom is -0.478 e. The minimum atomic E-state index is -0.549. The van der Waals surface area contributed by atoms with Gasteiger partial charge >= 0.3 is 0 Å². The number of rotatable bonds is 5. The van der Waals surface area contributed by atoms with E-state index in [1.807, 2.05) is 56.6 Å². The number of H-pyrrole nitrogens is 1. The summed E-state index contributed by atoms with van der Waals surface area (Å²) in [6.07, 6.45) is 3.64. The van der Waals surface area contributed by atoms with Crippen molar-refractivity contribution in [1.29, 1.82) is 0 Å². The molecule has 6 heteroatoms. The Hall–Kier alpha value is -2.89. The number of hydrogen-bond acceptors (Lipinski definition) is 3. The standard InChI is InChI=1S/C19H21N3O3/c1-3-16-19(24)22(15-9-13(2)6-7-17(15)25-16)12-18(23)21-11-14-5-4-8-20-10-14/h4-10,16H,3,11-12H2,1-2H3,(H,21,23)/p+1. The summed E-state index contributed by atoms with van der Waals surface area (Å²) in [5.41, 5.74) is 2.63. The molecule has 2 heterocycles. The molecule has 3 rings (SSSR count). The average Bonchev–Trinajstić information content (AvgIpc) is 2.63. The molecule has 0 fully saturated rings. The summed E-state index contributed by atoms with van der Waals surface area (Å²) in [6, 6.07) is 9.45. The second-order valence-electron chi connectivity index (χ2n) is 6.10. The van der Waals surface area contributed by atoms with E-state index in [-0.39, 0.29) is 18.4 Å². The molecule has 1 unspecified atom stereocenters. The zero-order valence-corrected chi connectivity index (χ0v) is 14.4. The molecule has 0 radical (unpaired) electrons. The van der Waals surface area contributed by atoms with E-state index >= 15 is 0 Å². The molecule has 1 aliphatic rings. The first-order valence-electron chi connectivity index (χ1n) is 8.39. The fourth-order valence-corrected chi connectivity index (χ4v) is 2.80. The normalized spacial score (nSPS) is 16.2. The van der Waals surface area contributed by atoms with Crippen LogP contribution >= 0.6 is 0 Å². The van der Waals surface area contributed by atoms with Gasteiger partial charge in [-0.25, -0.2) is 4.98 Å². The van der Waals surface area contributed by atoms with Crippen molar-refractivity contribution in [2.45, 2.75) is 32.9 Å². The van der Waals surface area contributed by atoms with Crippen LogP contribution in [0.4, 0.5) is 5.69 Å². The second kappa shape index (κ2) is 7.34. The fraction of sp³-hybridized carbons (Fsp3) is 0.316. The van der Waals surface area contributed by atoms with E-state index in [4.69, 9.17) is 4.74 Å². The summed E-state index contributed by atoms with van der Waals surface area (Å²) in [7, 11) is 0. The maximum Gasteiger partial charge on any atom is 0.268 e. The van der Waals surface area contributed by atoms with Gasteiger partial charge in [-0.05, 0) is 37.1 Å². The molecule has 2 amide bonds. The van der Waals surface area contributed by atoms with Crippen LogP contribution in [-0.4, -0.2) is 24.5 Å². The molecule has 130 valence electrons. The van der Waals surface area contributed by atoms with Crippen molar-refractivity contribution in [3.8, 4) is 5.75 Å². The quantitative estimate of drug-likeness (QED) is 0.899. The number of ether oxygens (including phenoxy) is 1. The lowest BCUT2D eigenvalue weighted by Crippen LogP contribution is -2.49. The number of anilines is 1. The average molecular weight is 340 g/mol. The third-order valence-corrected chi connectivity index (χ3v) is 4.15. The summed E-state index contributed by atoms with van der Waals surface area (Å²) in [4.78, 5) is 29.5. The summed E-state index contributed by atoms with van der Waals surface area (Å²) in [6.45, 7) is 4.23. The third kappa shape index (κ3) is 3.79. The lowest BCUT2D eigenvalue weighted by Gasteiger charge is -2.33. The van der Waals surface area contributed by atoms with Crippen molar-refractivity contribution < 1.29 is 19.3 Å². The number of fused-ring (bicyclic) bond motifs is 1. The van der Waals surface area contributed by atoms with Crippen LogP contribution in [0.2, 0.25) is 0 Å². The van der Waals surface area contributed by atoms with Gasteiger partial charge in [-0.2, -0.15) is 0 Å². The van der Waals surface area contributed by atoms with Gasteiger partial charge in [0.1, 0.15) is 12.3 Å². The molecule has 1 aliphatic heterocycles. The summed E-state index contributed by atoms with van der Waals surface area (Å²) < 4.78 is 5.76. The van der Waals surface area contributed by atoms with E-state index in [0.717, 1.165) is 11.1 Å². The topological polar surface area (TPSA) is 72.8 Å². The number of carbonyl (C=O) groups is 2. The smallest absolute Gasteiger partial charge is 0.268 e. The molecule has 0 spiro atoms. The molecule has 0 bridgehead atoms. The van der Waals surface area contributed by atoms with Crippen molar-refractivity contribution >= 4 is 17.5 Å². The Kier molecular flexibility index (Phi) is 4.97. The Balaban J connectivity index is 1.74. The van der Waals surface area contributed by atoms with E-state index in [2.05, 4.69) is 10.3 Å². The lowest BCUT2D eigenvalue weighted by molar-refractivity contribution is -0.378. The van der Waals surface area contributed by atoms with Crippen LogP contribution in [0.25, 0.3) is 0 Å². The highest BCUT2D eigenvalue weighted by Crippen LogP contribution is 2.35. The number of hydrogen-bond donors (Lipinski definition) is 1. The fourth-order valence-electron chi connectivity index (χ4n) is 2.80. The van der Waals surface area contributed by atoms with Crippen molar-refractivity contribution in [2.24, 2.45) is 0 Å². The Morgan fingerprint density at radius 2 is 2.20 bits per heavy atom. The molecule has 0 saturated heterocycles. The Bertz CT molecular complexity index is 777. The van der Waals surface area contributed by atoms with E-state index in [0.29, 0.717) is 24.4 Å². The van der Waals surface area contributed by atoms with Crippen LogP contribution < -0.4 is 19.9 Å². The van der Waals surface area contributed by atoms with Gasteiger partial charge in [-0.15, -0.1) is 0 Å². The minimum absolute atomic E-state index is 0.0221. The monoisotopic (exact) mass is 340 g/mol. The highest BCUT2D eigenvalue weighted by atomic mass is 16.5. The number of aromatic nitrogens is 1. The number of aromatic amines is 1. The van der Waals surface area contributed by atoms with E-state index < -0.39 is 6.10 Å². The predicted octanol–water partition coefficient (Wildman–Crippen LogP) is 1.63. The number of amides is 2. The molecule has 6 nitrogen and oxygen atoms in total. The Morgan fingerprint density at radius 1 is 1.36 bits per heavy atom. The van der Waals surface area contributed by atoms with Gasteiger partial charge in [0.15, 0.2) is 18.5 Å². The SMILES string of the molecule is CCC1Oc2ccc(C)cc2N(CC(=O)NCc2ccc[nH+]c2)C1=O. The van der Waals surface area contributed by atoms with Gasteiger partial charge in [0.25, 0.3) is 5.91 Å². The summed E-state index contributed by atoms with van der Waals surface area (Å²) in [5.74, 6) is 0.257. The largest absolute Gasteiger partial charge is 0.478 e. The molecule has 1 aromatic carbocycles. The van der Waals surface area contributed by atoms with E-state index in [9.17, 15) is 9.59 Å². The predicted molar refractivity (Wildman–Crippen MR) is 93.1 cm³/mol. The summed E-state index contributed by atoms with van der Waals surface area (Å²) in [5, 5.41) is 2.85. The number of benzene rings is 1. The molecule has 1 aromatic heterocycles. The molecule has 25 heavy (non-hydrogen) atoms. The van der Waals surface area contributed by atoms with Crippen LogP contribution in [0.15, 0.2) is 42.7 Å². The van der Waals surface area contributed by atoms with Crippen LogP contribution in [0.1, 0.15) is 24.5 Å².